The Balaban J connectivity index is 1.32. The molecule has 2 aliphatic rings. The quantitative estimate of drug-likeness (QED) is 0.439. The van der Waals surface area contributed by atoms with Gasteiger partial charge in [0.15, 0.2) is 9.84 Å². The number of anilines is 3. The summed E-state index contributed by atoms with van der Waals surface area (Å²) in [6.45, 7) is 1.42. The minimum atomic E-state index is -3.37. The highest BCUT2D eigenvalue weighted by Crippen LogP contribution is 2.39. The summed E-state index contributed by atoms with van der Waals surface area (Å²) in [6.07, 6.45) is 2.69. The van der Waals surface area contributed by atoms with E-state index >= 15 is 0 Å². The second kappa shape index (κ2) is 9.94. The number of halogens is 2. The topological polar surface area (TPSA) is 104 Å². The van der Waals surface area contributed by atoms with Gasteiger partial charge >= 0.3 is 0 Å². The van der Waals surface area contributed by atoms with Crippen molar-refractivity contribution in [1.29, 1.82) is 0 Å². The van der Waals surface area contributed by atoms with Gasteiger partial charge in [-0.15, -0.1) is 0 Å². The lowest BCUT2D eigenvalue weighted by molar-refractivity contribution is 0.0985. The Morgan fingerprint density at radius 3 is 2.43 bits per heavy atom. The van der Waals surface area contributed by atoms with Crippen LogP contribution >= 0.6 is 35.0 Å². The molecule has 12 heteroatoms. The molecule has 1 fully saturated rings. The number of fused-ring (bicyclic) bond motifs is 1. The Bertz CT molecular complexity index is 1360. The SMILES string of the molecule is O=C1c2cnc(Nc3ccc(S(=O)(=O)C4CCNCC4)cc3)nc2SCN1c1c(Cl)cccc1Cl. The first-order chi connectivity index (χ1) is 16.8. The highest BCUT2D eigenvalue weighted by Gasteiger charge is 2.31. The van der Waals surface area contributed by atoms with Gasteiger partial charge < -0.3 is 10.6 Å². The monoisotopic (exact) mass is 549 g/mol. The molecule has 3 aromatic rings. The van der Waals surface area contributed by atoms with Gasteiger partial charge in [0.05, 0.1) is 37.3 Å². The molecule has 0 spiro atoms. The number of hydrogen-bond acceptors (Lipinski definition) is 8. The second-order valence-corrected chi connectivity index (χ2v) is 12.1. The number of rotatable bonds is 5. The van der Waals surface area contributed by atoms with E-state index in [9.17, 15) is 13.2 Å². The van der Waals surface area contributed by atoms with Crippen LogP contribution in [0.4, 0.5) is 17.3 Å². The van der Waals surface area contributed by atoms with Crippen molar-refractivity contribution in [3.63, 3.8) is 0 Å². The third kappa shape index (κ3) is 4.85. The molecule has 2 aromatic carbocycles. The molecule has 3 heterocycles. The Morgan fingerprint density at radius 1 is 1.06 bits per heavy atom. The van der Waals surface area contributed by atoms with Gasteiger partial charge in [0.25, 0.3) is 5.91 Å². The predicted octanol–water partition coefficient (Wildman–Crippen LogP) is 4.76. The van der Waals surface area contributed by atoms with Gasteiger partial charge in [-0.2, -0.15) is 0 Å². The third-order valence-electron chi connectivity index (χ3n) is 5.93. The maximum absolute atomic E-state index is 13.1. The van der Waals surface area contributed by atoms with E-state index in [4.69, 9.17) is 23.2 Å². The number of nitrogens with one attached hydrogen (secondary N) is 2. The number of sulfone groups is 1. The van der Waals surface area contributed by atoms with Crippen molar-refractivity contribution in [3.8, 4) is 0 Å². The van der Waals surface area contributed by atoms with E-state index in [1.807, 2.05) is 0 Å². The lowest BCUT2D eigenvalue weighted by Gasteiger charge is -2.28. The van der Waals surface area contributed by atoms with Crippen molar-refractivity contribution in [3.05, 3.63) is 64.3 Å². The standard InChI is InChI=1S/C23H21Cl2N5O3S2/c24-18-2-1-3-19(25)20(18)30-13-34-21-17(22(30)31)12-27-23(29-21)28-14-4-6-15(7-5-14)35(32,33)16-8-10-26-11-9-16/h1-7,12,16,26H,8-11,13H2,(H,27,28,29). The van der Waals surface area contributed by atoms with Crippen molar-refractivity contribution in [2.24, 2.45) is 0 Å². The first-order valence-electron chi connectivity index (χ1n) is 10.9. The smallest absolute Gasteiger partial charge is 0.263 e. The van der Waals surface area contributed by atoms with Crippen molar-refractivity contribution in [2.45, 2.75) is 28.0 Å². The van der Waals surface area contributed by atoms with Crippen molar-refractivity contribution in [2.75, 3.05) is 29.2 Å². The zero-order chi connectivity index (χ0) is 24.6. The zero-order valence-corrected chi connectivity index (χ0v) is 21.5. The molecular weight excluding hydrogens is 529 g/mol. The van der Waals surface area contributed by atoms with E-state index in [0.29, 0.717) is 74.7 Å². The van der Waals surface area contributed by atoms with Crippen LogP contribution in [0.25, 0.3) is 0 Å². The molecule has 1 aromatic heterocycles. The van der Waals surface area contributed by atoms with Crippen LogP contribution < -0.4 is 15.5 Å². The maximum Gasteiger partial charge on any atom is 0.263 e. The van der Waals surface area contributed by atoms with Gasteiger partial charge in [-0.05, 0) is 62.3 Å². The van der Waals surface area contributed by atoms with Crippen LogP contribution in [0.2, 0.25) is 10.0 Å². The fourth-order valence-corrected chi connectivity index (χ4v) is 7.38. The molecule has 0 radical (unpaired) electrons. The molecule has 8 nitrogen and oxygen atoms in total. The van der Waals surface area contributed by atoms with Crippen LogP contribution in [0.15, 0.2) is 58.6 Å². The number of aromatic nitrogens is 2. The summed E-state index contributed by atoms with van der Waals surface area (Å²) in [5.41, 5.74) is 1.46. The molecule has 0 aliphatic carbocycles. The summed E-state index contributed by atoms with van der Waals surface area (Å²) < 4.78 is 25.8. The molecule has 35 heavy (non-hydrogen) atoms. The Hall–Kier alpha value is -2.37. The number of hydrogen-bond donors (Lipinski definition) is 2. The van der Waals surface area contributed by atoms with Crippen LogP contribution in [0.5, 0.6) is 0 Å². The first-order valence-corrected chi connectivity index (χ1v) is 14.2. The summed E-state index contributed by atoms with van der Waals surface area (Å²) in [7, 11) is -3.37. The highest BCUT2D eigenvalue weighted by atomic mass is 35.5. The van der Waals surface area contributed by atoms with E-state index in [0.717, 1.165) is 0 Å². The van der Waals surface area contributed by atoms with E-state index < -0.39 is 9.84 Å². The van der Waals surface area contributed by atoms with Crippen LogP contribution in [-0.4, -0.2) is 48.5 Å². The van der Waals surface area contributed by atoms with Gasteiger partial charge in [0.2, 0.25) is 5.95 Å². The zero-order valence-electron chi connectivity index (χ0n) is 18.4. The lowest BCUT2D eigenvalue weighted by atomic mass is 10.2. The van der Waals surface area contributed by atoms with Gasteiger partial charge in [0.1, 0.15) is 5.03 Å². The van der Waals surface area contributed by atoms with E-state index in [-0.39, 0.29) is 11.2 Å². The molecule has 182 valence electrons. The molecule has 1 saturated heterocycles. The van der Waals surface area contributed by atoms with Gasteiger partial charge in [-0.25, -0.2) is 18.4 Å². The molecule has 0 saturated carbocycles. The van der Waals surface area contributed by atoms with Crippen molar-refractivity contribution >= 4 is 68.0 Å². The van der Waals surface area contributed by atoms with Crippen LogP contribution in [0.1, 0.15) is 23.2 Å². The molecule has 2 aliphatic heterocycles. The van der Waals surface area contributed by atoms with Crippen LogP contribution in [0.3, 0.4) is 0 Å². The number of para-hydroxylation sites is 1. The van der Waals surface area contributed by atoms with Gasteiger partial charge in [0, 0.05) is 11.9 Å². The van der Waals surface area contributed by atoms with Gasteiger partial charge in [-0.3, -0.25) is 9.69 Å². The summed E-state index contributed by atoms with van der Waals surface area (Å²) in [6, 6.07) is 11.7. The summed E-state index contributed by atoms with van der Waals surface area (Å²) in [5.74, 6) is 0.324. The fraction of sp³-hybridized carbons (Fsp3) is 0.261. The van der Waals surface area contributed by atoms with Crippen LogP contribution in [0, 0.1) is 0 Å². The Morgan fingerprint density at radius 2 is 1.74 bits per heavy atom. The van der Waals surface area contributed by atoms with Gasteiger partial charge in [-0.1, -0.05) is 41.0 Å². The van der Waals surface area contributed by atoms with Crippen molar-refractivity contribution < 1.29 is 13.2 Å². The molecule has 5 rings (SSSR count). The lowest BCUT2D eigenvalue weighted by Crippen LogP contribution is -2.35. The average Bonchev–Trinajstić information content (AvgIpc) is 2.86. The normalized spacial score (nSPS) is 16.7. The van der Waals surface area contributed by atoms with E-state index in [1.165, 1.54) is 22.9 Å². The number of benzene rings is 2. The number of piperidine rings is 1. The number of nitrogens with zero attached hydrogens (tertiary/aromatic N) is 3. The maximum atomic E-state index is 13.1. The summed E-state index contributed by atoms with van der Waals surface area (Å²) >= 11 is 13.9. The molecule has 1 amide bonds. The largest absolute Gasteiger partial charge is 0.324 e. The summed E-state index contributed by atoms with van der Waals surface area (Å²) in [5, 5.41) is 7.23. The molecule has 2 N–H and O–H groups in total. The highest BCUT2D eigenvalue weighted by molar-refractivity contribution is 7.99. The van der Waals surface area contributed by atoms with E-state index in [1.54, 1.807) is 42.5 Å². The second-order valence-electron chi connectivity index (χ2n) is 8.13. The number of carbonyl (C=O) groups is 1. The molecule has 0 atom stereocenters. The number of amides is 1. The molecule has 0 bridgehead atoms. The minimum Gasteiger partial charge on any atom is -0.324 e. The van der Waals surface area contributed by atoms with E-state index in [2.05, 4.69) is 20.6 Å². The third-order valence-corrected chi connectivity index (χ3v) is 9.79. The number of thioether (sulfide) groups is 1. The number of carbonyl (C=O) groups excluding carboxylic acids is 1. The predicted molar refractivity (Wildman–Crippen MR) is 139 cm³/mol. The Kier molecular flexibility index (Phi) is 6.91. The first kappa shape index (κ1) is 24.3. The summed E-state index contributed by atoms with van der Waals surface area (Å²) in [4.78, 5) is 23.7. The average molecular weight is 550 g/mol. The van der Waals surface area contributed by atoms with Crippen LogP contribution in [-0.2, 0) is 9.84 Å². The molecular formula is C23H21Cl2N5O3S2. The fourth-order valence-electron chi connectivity index (χ4n) is 4.08. The molecule has 0 unspecified atom stereocenters. The Labute approximate surface area is 217 Å². The van der Waals surface area contributed by atoms with Crippen molar-refractivity contribution in [1.82, 2.24) is 15.3 Å². The minimum absolute atomic E-state index is 0.284.